The van der Waals surface area contributed by atoms with Gasteiger partial charge in [-0.05, 0) is 17.7 Å². The van der Waals surface area contributed by atoms with Crippen LogP contribution in [0.4, 0.5) is 8.78 Å². The number of hydrogen-bond acceptors (Lipinski definition) is 1. The molecule has 0 aliphatic rings. The molecule has 0 aliphatic heterocycles. The molecule has 1 rings (SSSR count). The smallest absolute Gasteiger partial charge is 0.123 e. The van der Waals surface area contributed by atoms with Crippen molar-refractivity contribution in [2.24, 2.45) is 5.73 Å². The Hall–Kier alpha value is -0.960. The van der Waals surface area contributed by atoms with Gasteiger partial charge in [0.05, 0.1) is 6.04 Å². The average molecular weight is 157 g/mol. The van der Waals surface area contributed by atoms with Crippen LogP contribution in [0.2, 0.25) is 0 Å². The van der Waals surface area contributed by atoms with Crippen LogP contribution >= 0.6 is 0 Å². The zero-order valence-electron chi connectivity index (χ0n) is 5.93. The van der Waals surface area contributed by atoms with E-state index in [9.17, 15) is 8.78 Å². The predicted molar refractivity (Wildman–Crippen MR) is 39.3 cm³/mol. The Balaban J connectivity index is 2.86. The molecule has 1 atom stereocenters. The minimum absolute atomic E-state index is 0.383. The van der Waals surface area contributed by atoms with Gasteiger partial charge in [0.25, 0.3) is 0 Å². The van der Waals surface area contributed by atoms with Gasteiger partial charge in [-0.15, -0.1) is 0 Å². The molecule has 0 unspecified atom stereocenters. The zero-order valence-corrected chi connectivity index (χ0v) is 5.93. The van der Waals surface area contributed by atoms with E-state index in [1.807, 2.05) is 0 Å². The number of halogens is 2. The van der Waals surface area contributed by atoms with Crippen molar-refractivity contribution in [3.8, 4) is 0 Å². The largest absolute Gasteiger partial charge is 0.322 e. The van der Waals surface area contributed by atoms with E-state index >= 15 is 0 Å². The topological polar surface area (TPSA) is 26.0 Å². The van der Waals surface area contributed by atoms with E-state index in [1.165, 1.54) is 18.2 Å². The van der Waals surface area contributed by atoms with E-state index in [0.717, 1.165) is 0 Å². The summed E-state index contributed by atoms with van der Waals surface area (Å²) in [5.41, 5.74) is 5.81. The standard InChI is InChI=1S/C8H9F2N/c9-5-8(11)6-2-1-3-7(10)4-6/h1-4,8H,5,11H2/t8-/m0/s1. The molecule has 0 saturated carbocycles. The second kappa shape index (κ2) is 3.44. The lowest BCUT2D eigenvalue weighted by Crippen LogP contribution is -2.11. The third-order valence-corrected chi connectivity index (χ3v) is 1.44. The molecule has 2 N–H and O–H groups in total. The van der Waals surface area contributed by atoms with E-state index in [2.05, 4.69) is 0 Å². The Bertz CT molecular complexity index is 237. The lowest BCUT2D eigenvalue weighted by Gasteiger charge is -2.05. The Labute approximate surface area is 63.8 Å². The van der Waals surface area contributed by atoms with Crippen molar-refractivity contribution in [3.05, 3.63) is 35.6 Å². The molecule has 3 heteroatoms. The Morgan fingerprint density at radius 1 is 1.45 bits per heavy atom. The summed E-state index contributed by atoms with van der Waals surface area (Å²) < 4.78 is 24.4. The van der Waals surface area contributed by atoms with Gasteiger partial charge in [-0.3, -0.25) is 0 Å². The van der Waals surface area contributed by atoms with Crippen LogP contribution in [0.15, 0.2) is 24.3 Å². The van der Waals surface area contributed by atoms with E-state index in [0.29, 0.717) is 5.56 Å². The predicted octanol–water partition coefficient (Wildman–Crippen LogP) is 1.79. The number of nitrogens with two attached hydrogens (primary N) is 1. The average Bonchev–Trinajstić information content (AvgIpc) is 2.03. The first-order valence-electron chi connectivity index (χ1n) is 3.31. The third-order valence-electron chi connectivity index (χ3n) is 1.44. The van der Waals surface area contributed by atoms with Crippen LogP contribution in [0.3, 0.4) is 0 Å². The van der Waals surface area contributed by atoms with E-state index in [4.69, 9.17) is 5.73 Å². The van der Waals surface area contributed by atoms with Crippen LogP contribution in [0, 0.1) is 5.82 Å². The molecule has 0 bridgehead atoms. The molecule has 0 spiro atoms. The highest BCUT2D eigenvalue weighted by molar-refractivity contribution is 5.19. The molecular weight excluding hydrogens is 148 g/mol. The van der Waals surface area contributed by atoms with Gasteiger partial charge >= 0.3 is 0 Å². The second-order valence-electron chi connectivity index (χ2n) is 2.32. The van der Waals surface area contributed by atoms with Crippen molar-refractivity contribution in [3.63, 3.8) is 0 Å². The summed E-state index contributed by atoms with van der Waals surface area (Å²) in [7, 11) is 0. The molecule has 1 nitrogen and oxygen atoms in total. The lowest BCUT2D eigenvalue weighted by atomic mass is 10.1. The van der Waals surface area contributed by atoms with E-state index in [1.54, 1.807) is 6.07 Å². The molecule has 1 aromatic rings. The summed E-state index contributed by atoms with van der Waals surface area (Å²) in [5.74, 6) is -0.383. The molecule has 11 heavy (non-hydrogen) atoms. The summed E-state index contributed by atoms with van der Waals surface area (Å²) in [6.07, 6.45) is 0. The first-order valence-corrected chi connectivity index (χ1v) is 3.31. The Morgan fingerprint density at radius 2 is 2.18 bits per heavy atom. The molecule has 0 fully saturated rings. The number of alkyl halides is 1. The number of hydrogen-bond donors (Lipinski definition) is 1. The van der Waals surface area contributed by atoms with Crippen molar-refractivity contribution < 1.29 is 8.78 Å². The molecule has 0 aliphatic carbocycles. The minimum atomic E-state index is -0.703. The van der Waals surface area contributed by atoms with Crippen molar-refractivity contribution in [1.29, 1.82) is 0 Å². The van der Waals surface area contributed by atoms with Crippen molar-refractivity contribution in [2.45, 2.75) is 6.04 Å². The first-order chi connectivity index (χ1) is 5.24. The van der Waals surface area contributed by atoms with Crippen LogP contribution in [-0.2, 0) is 0 Å². The molecular formula is C8H9F2N. The van der Waals surface area contributed by atoms with Gasteiger partial charge in [0.2, 0.25) is 0 Å². The van der Waals surface area contributed by atoms with Crippen LogP contribution < -0.4 is 5.73 Å². The van der Waals surface area contributed by atoms with Gasteiger partial charge < -0.3 is 5.73 Å². The fourth-order valence-corrected chi connectivity index (χ4v) is 0.826. The highest BCUT2D eigenvalue weighted by Crippen LogP contribution is 2.11. The van der Waals surface area contributed by atoms with Gasteiger partial charge in [-0.2, -0.15) is 0 Å². The molecule has 0 aromatic heterocycles. The van der Waals surface area contributed by atoms with Crippen LogP contribution in [-0.4, -0.2) is 6.67 Å². The maximum absolute atomic E-state index is 12.5. The van der Waals surface area contributed by atoms with Gasteiger partial charge in [0.1, 0.15) is 12.5 Å². The van der Waals surface area contributed by atoms with Crippen LogP contribution in [0.25, 0.3) is 0 Å². The number of benzene rings is 1. The molecule has 1 aromatic carbocycles. The molecule has 0 radical (unpaired) electrons. The summed E-state index contributed by atoms with van der Waals surface area (Å²) >= 11 is 0. The SMILES string of the molecule is N[C@@H](CF)c1cccc(F)c1. The summed E-state index contributed by atoms with van der Waals surface area (Å²) in [5, 5.41) is 0. The van der Waals surface area contributed by atoms with Crippen LogP contribution in [0.1, 0.15) is 11.6 Å². The maximum atomic E-state index is 12.5. The quantitative estimate of drug-likeness (QED) is 0.695. The number of rotatable bonds is 2. The molecule has 0 saturated heterocycles. The van der Waals surface area contributed by atoms with Crippen LogP contribution in [0.5, 0.6) is 0 Å². The van der Waals surface area contributed by atoms with E-state index < -0.39 is 12.7 Å². The summed E-state index contributed by atoms with van der Waals surface area (Å²) in [4.78, 5) is 0. The Kier molecular flexibility index (Phi) is 2.54. The monoisotopic (exact) mass is 157 g/mol. The lowest BCUT2D eigenvalue weighted by molar-refractivity contribution is 0.436. The summed E-state index contributed by atoms with van der Waals surface area (Å²) in [6.45, 7) is -0.663. The van der Waals surface area contributed by atoms with Gasteiger partial charge in [-0.25, -0.2) is 8.78 Å². The maximum Gasteiger partial charge on any atom is 0.123 e. The fourth-order valence-electron chi connectivity index (χ4n) is 0.826. The van der Waals surface area contributed by atoms with E-state index in [-0.39, 0.29) is 5.82 Å². The van der Waals surface area contributed by atoms with Crippen molar-refractivity contribution in [2.75, 3.05) is 6.67 Å². The highest BCUT2D eigenvalue weighted by atomic mass is 19.1. The second-order valence-corrected chi connectivity index (χ2v) is 2.32. The third kappa shape index (κ3) is 1.98. The zero-order chi connectivity index (χ0) is 8.27. The fraction of sp³-hybridized carbons (Fsp3) is 0.250. The van der Waals surface area contributed by atoms with Gasteiger partial charge in [-0.1, -0.05) is 12.1 Å². The molecule has 0 heterocycles. The van der Waals surface area contributed by atoms with Gasteiger partial charge in [0, 0.05) is 0 Å². The van der Waals surface area contributed by atoms with Crippen molar-refractivity contribution >= 4 is 0 Å². The Morgan fingerprint density at radius 3 is 2.73 bits per heavy atom. The highest BCUT2D eigenvalue weighted by Gasteiger charge is 2.04. The van der Waals surface area contributed by atoms with Gasteiger partial charge in [0.15, 0.2) is 0 Å². The minimum Gasteiger partial charge on any atom is -0.322 e. The molecule has 0 amide bonds. The summed E-state index contributed by atoms with van der Waals surface area (Å²) in [6, 6.07) is 4.96. The normalized spacial score (nSPS) is 13.0. The molecule has 60 valence electrons. The van der Waals surface area contributed by atoms with Crippen molar-refractivity contribution in [1.82, 2.24) is 0 Å². The first kappa shape index (κ1) is 8.14.